The quantitative estimate of drug-likeness (QED) is 0.288. The summed E-state index contributed by atoms with van der Waals surface area (Å²) in [4.78, 5) is 15.8. The summed E-state index contributed by atoms with van der Waals surface area (Å²) in [7, 11) is 1.61. The Morgan fingerprint density at radius 1 is 1.06 bits per heavy atom. The van der Waals surface area contributed by atoms with E-state index in [0.29, 0.717) is 5.56 Å². The number of nitrogens with two attached hydrogens (primary N) is 1. The lowest BCUT2D eigenvalue weighted by molar-refractivity contribution is 0.100. The van der Waals surface area contributed by atoms with E-state index in [1.54, 1.807) is 20.0 Å². The van der Waals surface area contributed by atoms with Crippen LogP contribution in [-0.2, 0) is 6.42 Å². The molecule has 0 aliphatic heterocycles. The molecular formula is C21H19F4N5OS. The van der Waals surface area contributed by atoms with Gasteiger partial charge in [0, 0.05) is 24.8 Å². The number of anilines is 3. The number of rotatable bonds is 8. The molecule has 0 radical (unpaired) electrons. The van der Waals surface area contributed by atoms with Crippen LogP contribution >= 0.6 is 12.1 Å². The molecule has 6 nitrogen and oxygen atoms in total. The summed E-state index contributed by atoms with van der Waals surface area (Å²) in [6.45, 7) is 1.66. The molecule has 0 saturated heterocycles. The SMILES string of the molecule is CNSNc1nccc(Cc2cc(C(N)=O)c(Nc3ccc(C)cc3F)c(F)c2F)c1F. The highest BCUT2D eigenvalue weighted by Gasteiger charge is 2.23. The number of benzene rings is 2. The van der Waals surface area contributed by atoms with Crippen LogP contribution in [0.15, 0.2) is 36.5 Å². The molecule has 0 aliphatic rings. The van der Waals surface area contributed by atoms with Gasteiger partial charge < -0.3 is 11.1 Å². The molecule has 1 amide bonds. The maximum absolute atomic E-state index is 14.9. The number of primary amides is 1. The number of hydrogen-bond donors (Lipinski definition) is 4. The first-order valence-electron chi connectivity index (χ1n) is 9.28. The summed E-state index contributed by atoms with van der Waals surface area (Å²) in [5.74, 6) is -5.41. The number of hydrogen-bond acceptors (Lipinski definition) is 6. The zero-order valence-corrected chi connectivity index (χ0v) is 17.8. The van der Waals surface area contributed by atoms with Crippen LogP contribution in [0.5, 0.6) is 0 Å². The second-order valence-electron chi connectivity index (χ2n) is 6.78. The minimum Gasteiger partial charge on any atom is -0.366 e. The molecule has 5 N–H and O–H groups in total. The van der Waals surface area contributed by atoms with Crippen molar-refractivity contribution in [2.75, 3.05) is 17.1 Å². The molecule has 11 heteroatoms. The van der Waals surface area contributed by atoms with Crippen molar-refractivity contribution in [3.05, 3.63) is 82.1 Å². The number of amides is 1. The maximum atomic E-state index is 14.9. The number of pyridine rings is 1. The van der Waals surface area contributed by atoms with Gasteiger partial charge in [0.1, 0.15) is 5.82 Å². The van der Waals surface area contributed by atoms with Crippen molar-refractivity contribution >= 4 is 35.2 Å². The van der Waals surface area contributed by atoms with E-state index in [1.165, 1.54) is 24.4 Å². The Labute approximate surface area is 185 Å². The number of halogens is 4. The zero-order valence-electron chi connectivity index (χ0n) is 17.0. The van der Waals surface area contributed by atoms with Gasteiger partial charge in [0.15, 0.2) is 23.3 Å². The van der Waals surface area contributed by atoms with E-state index >= 15 is 0 Å². The molecule has 2 aromatic carbocycles. The third-order valence-corrected chi connectivity index (χ3v) is 5.03. The first-order valence-corrected chi connectivity index (χ1v) is 10.1. The molecule has 0 atom stereocenters. The number of carbonyl (C=O) groups excluding carboxylic acids is 1. The van der Waals surface area contributed by atoms with E-state index < -0.39 is 40.4 Å². The van der Waals surface area contributed by atoms with Crippen molar-refractivity contribution in [1.29, 1.82) is 0 Å². The van der Waals surface area contributed by atoms with Crippen LogP contribution in [-0.4, -0.2) is 17.9 Å². The molecule has 0 saturated carbocycles. The Hall–Kier alpha value is -3.31. The van der Waals surface area contributed by atoms with Gasteiger partial charge in [-0.1, -0.05) is 6.07 Å². The highest BCUT2D eigenvalue weighted by Crippen LogP contribution is 2.31. The molecule has 0 fully saturated rings. The molecule has 0 spiro atoms. The Balaban J connectivity index is 2.02. The van der Waals surface area contributed by atoms with Gasteiger partial charge in [-0.05, 0) is 54.9 Å². The van der Waals surface area contributed by atoms with E-state index in [1.807, 2.05) is 0 Å². The van der Waals surface area contributed by atoms with Gasteiger partial charge >= 0.3 is 0 Å². The molecular weight excluding hydrogens is 446 g/mol. The van der Waals surface area contributed by atoms with Crippen LogP contribution < -0.4 is 20.5 Å². The summed E-state index contributed by atoms with van der Waals surface area (Å²) < 4.78 is 64.0. The van der Waals surface area contributed by atoms with Crippen molar-refractivity contribution in [3.8, 4) is 0 Å². The van der Waals surface area contributed by atoms with Crippen molar-refractivity contribution in [2.45, 2.75) is 13.3 Å². The summed E-state index contributed by atoms with van der Waals surface area (Å²) >= 11 is 0.970. The third-order valence-electron chi connectivity index (χ3n) is 4.53. The van der Waals surface area contributed by atoms with Crippen LogP contribution in [0.2, 0.25) is 0 Å². The molecule has 3 aromatic rings. The average molecular weight is 465 g/mol. The fourth-order valence-corrected chi connectivity index (χ4v) is 3.32. The first-order chi connectivity index (χ1) is 15.2. The molecule has 0 aliphatic carbocycles. The van der Waals surface area contributed by atoms with Gasteiger partial charge in [-0.3, -0.25) is 9.52 Å². The van der Waals surface area contributed by atoms with Gasteiger partial charge in [-0.2, -0.15) is 0 Å². The number of nitrogens with one attached hydrogen (secondary N) is 3. The minimum atomic E-state index is -1.44. The zero-order chi connectivity index (χ0) is 23.4. The average Bonchev–Trinajstić information content (AvgIpc) is 2.75. The monoisotopic (exact) mass is 465 g/mol. The number of carbonyl (C=O) groups is 1. The van der Waals surface area contributed by atoms with Crippen molar-refractivity contribution < 1.29 is 22.4 Å². The predicted molar refractivity (Wildman–Crippen MR) is 117 cm³/mol. The molecule has 32 heavy (non-hydrogen) atoms. The maximum Gasteiger partial charge on any atom is 0.250 e. The van der Waals surface area contributed by atoms with Gasteiger partial charge in [0.25, 0.3) is 5.91 Å². The molecule has 0 unspecified atom stereocenters. The van der Waals surface area contributed by atoms with Crippen LogP contribution in [0, 0.1) is 30.2 Å². The minimum absolute atomic E-state index is 0.0122. The van der Waals surface area contributed by atoms with Crippen LogP contribution in [0.1, 0.15) is 27.0 Å². The van der Waals surface area contributed by atoms with Gasteiger partial charge in [0.2, 0.25) is 0 Å². The number of aromatic nitrogens is 1. The Morgan fingerprint density at radius 3 is 2.47 bits per heavy atom. The van der Waals surface area contributed by atoms with E-state index in [4.69, 9.17) is 5.73 Å². The fourth-order valence-electron chi connectivity index (χ4n) is 2.98. The second-order valence-corrected chi connectivity index (χ2v) is 7.59. The highest BCUT2D eigenvalue weighted by molar-refractivity contribution is 7.98. The Morgan fingerprint density at radius 2 is 1.81 bits per heavy atom. The fraction of sp³-hybridized carbons (Fsp3) is 0.143. The Kier molecular flexibility index (Phi) is 7.21. The summed E-state index contributed by atoms with van der Waals surface area (Å²) in [6.07, 6.45) is 0.922. The Bertz CT molecular complexity index is 1180. The lowest BCUT2D eigenvalue weighted by Gasteiger charge is -2.16. The van der Waals surface area contributed by atoms with Gasteiger partial charge in [-0.25, -0.2) is 27.3 Å². The van der Waals surface area contributed by atoms with Gasteiger partial charge in [0.05, 0.1) is 16.9 Å². The molecule has 1 heterocycles. The second kappa shape index (κ2) is 9.88. The summed E-state index contributed by atoms with van der Waals surface area (Å²) in [6, 6.07) is 6.40. The lowest BCUT2D eigenvalue weighted by Crippen LogP contribution is -2.17. The normalized spacial score (nSPS) is 10.8. The van der Waals surface area contributed by atoms with E-state index in [0.717, 1.165) is 18.2 Å². The van der Waals surface area contributed by atoms with Gasteiger partial charge in [-0.15, -0.1) is 0 Å². The van der Waals surface area contributed by atoms with Crippen molar-refractivity contribution in [1.82, 2.24) is 9.71 Å². The van der Waals surface area contributed by atoms with Crippen LogP contribution in [0.4, 0.5) is 34.8 Å². The summed E-state index contributed by atoms with van der Waals surface area (Å²) in [5.41, 5.74) is 4.51. The highest BCUT2D eigenvalue weighted by atomic mass is 32.2. The van der Waals surface area contributed by atoms with Crippen molar-refractivity contribution in [3.63, 3.8) is 0 Å². The van der Waals surface area contributed by atoms with E-state index in [-0.39, 0.29) is 29.1 Å². The number of aryl methyl sites for hydroxylation is 1. The van der Waals surface area contributed by atoms with Crippen LogP contribution in [0.3, 0.4) is 0 Å². The molecule has 0 bridgehead atoms. The topological polar surface area (TPSA) is 92.1 Å². The third kappa shape index (κ3) is 4.94. The smallest absolute Gasteiger partial charge is 0.250 e. The molecule has 1 aromatic heterocycles. The standard InChI is InChI=1S/C21H19F4N5OS/c1-10-3-4-15(14(22)7-10)29-19-13(20(26)31)9-12(16(23)18(19)25)8-11-5-6-28-21(17(11)24)30-32-27-2/h3-7,9,27,29H,8H2,1-2H3,(H2,26,31)(H,28,30). The first kappa shape index (κ1) is 23.4. The largest absolute Gasteiger partial charge is 0.366 e. The predicted octanol–water partition coefficient (Wildman–Crippen LogP) is 4.57. The van der Waals surface area contributed by atoms with Crippen LogP contribution in [0.25, 0.3) is 0 Å². The summed E-state index contributed by atoms with van der Waals surface area (Å²) in [5, 5.41) is 2.40. The van der Waals surface area contributed by atoms with E-state index in [2.05, 4.69) is 19.7 Å². The lowest BCUT2D eigenvalue weighted by atomic mass is 10.00. The molecule has 168 valence electrons. The van der Waals surface area contributed by atoms with E-state index in [9.17, 15) is 22.4 Å². The van der Waals surface area contributed by atoms with Crippen molar-refractivity contribution in [2.24, 2.45) is 5.73 Å². The number of nitrogens with zero attached hydrogens (tertiary/aromatic N) is 1. The molecule has 3 rings (SSSR count).